The van der Waals surface area contributed by atoms with Crippen molar-refractivity contribution < 1.29 is 13.9 Å². The number of rotatable bonds is 7. The summed E-state index contributed by atoms with van der Waals surface area (Å²) in [6.45, 7) is 2.19. The first-order valence-electron chi connectivity index (χ1n) is 9.18. The normalized spacial score (nSPS) is 20.1. The zero-order valence-electron chi connectivity index (χ0n) is 16.0. The molecule has 1 unspecified atom stereocenters. The third-order valence-corrected chi connectivity index (χ3v) is 6.19. The van der Waals surface area contributed by atoms with Crippen LogP contribution in [0.5, 0.6) is 0 Å². The summed E-state index contributed by atoms with van der Waals surface area (Å²) >= 11 is 1.45. The lowest BCUT2D eigenvalue weighted by Crippen LogP contribution is -2.46. The lowest BCUT2D eigenvalue weighted by Gasteiger charge is -2.36. The van der Waals surface area contributed by atoms with Crippen LogP contribution in [0.2, 0.25) is 0 Å². The van der Waals surface area contributed by atoms with Crippen molar-refractivity contribution in [3.8, 4) is 0 Å². The Balaban J connectivity index is 2.11. The van der Waals surface area contributed by atoms with Crippen LogP contribution in [0.1, 0.15) is 30.9 Å². The minimum absolute atomic E-state index is 0.248. The van der Waals surface area contributed by atoms with Crippen LogP contribution in [-0.4, -0.2) is 35.7 Å². The lowest BCUT2D eigenvalue weighted by molar-refractivity contribution is -0.144. The van der Waals surface area contributed by atoms with Crippen LogP contribution in [0.4, 0.5) is 4.39 Å². The van der Waals surface area contributed by atoms with Gasteiger partial charge in [-0.3, -0.25) is 4.79 Å². The van der Waals surface area contributed by atoms with Crippen molar-refractivity contribution in [1.29, 1.82) is 0 Å². The molecule has 7 heteroatoms. The van der Waals surface area contributed by atoms with Gasteiger partial charge in [-0.1, -0.05) is 54.2 Å². The number of methoxy groups -OCH3 is 1. The summed E-state index contributed by atoms with van der Waals surface area (Å²) in [5.74, 6) is -0.592. The van der Waals surface area contributed by atoms with Crippen LogP contribution in [0, 0.1) is 5.82 Å². The summed E-state index contributed by atoms with van der Waals surface area (Å²) in [7, 11) is 1.49. The fourth-order valence-corrected chi connectivity index (χ4v) is 4.56. The number of ether oxygens (including phenoxy) is 1. The van der Waals surface area contributed by atoms with Gasteiger partial charge in [0.15, 0.2) is 0 Å². The van der Waals surface area contributed by atoms with Gasteiger partial charge in [-0.25, -0.2) is 9.40 Å². The third-order valence-electron chi connectivity index (χ3n) is 4.72. The number of benzene rings is 2. The maximum atomic E-state index is 13.8. The van der Waals surface area contributed by atoms with E-state index in [4.69, 9.17) is 10.5 Å². The van der Waals surface area contributed by atoms with E-state index < -0.39 is 11.0 Å². The molecule has 3 rings (SSSR count). The molecule has 0 fully saturated rings. The molecule has 0 radical (unpaired) electrons. The van der Waals surface area contributed by atoms with Gasteiger partial charge in [0.25, 0.3) is 5.91 Å². The van der Waals surface area contributed by atoms with E-state index in [-0.39, 0.29) is 11.7 Å². The summed E-state index contributed by atoms with van der Waals surface area (Å²) in [5, 5.41) is 6.72. The predicted molar refractivity (Wildman–Crippen MR) is 110 cm³/mol. The molecule has 5 nitrogen and oxygen atoms in total. The van der Waals surface area contributed by atoms with Gasteiger partial charge in [0.1, 0.15) is 21.8 Å². The van der Waals surface area contributed by atoms with Gasteiger partial charge >= 0.3 is 0 Å². The van der Waals surface area contributed by atoms with E-state index in [1.165, 1.54) is 36.0 Å². The Bertz CT molecular complexity index is 862. The Morgan fingerprint density at radius 1 is 1.29 bits per heavy atom. The molecule has 148 valence electrons. The Labute approximate surface area is 168 Å². The molecule has 2 aromatic rings. The van der Waals surface area contributed by atoms with Gasteiger partial charge in [-0.15, -0.1) is 0 Å². The van der Waals surface area contributed by atoms with Crippen LogP contribution < -0.4 is 5.73 Å². The van der Waals surface area contributed by atoms with Gasteiger partial charge in [-0.2, -0.15) is 5.10 Å². The SMILES string of the molecule is CO[C@H](C)C(=O)N1N=C(c2cccc(F)c2)SC1(CCCN)c1ccccc1. The Morgan fingerprint density at radius 2 is 2.04 bits per heavy atom. The molecule has 0 saturated heterocycles. The number of hydrogen-bond donors (Lipinski definition) is 1. The first-order chi connectivity index (χ1) is 13.5. The lowest BCUT2D eigenvalue weighted by atomic mass is 10.00. The number of nitrogens with zero attached hydrogens (tertiary/aromatic N) is 2. The fraction of sp³-hybridized carbons (Fsp3) is 0.333. The van der Waals surface area contributed by atoms with Crippen LogP contribution in [-0.2, 0) is 14.4 Å². The van der Waals surface area contributed by atoms with Crippen molar-refractivity contribution >= 4 is 22.7 Å². The molecule has 2 aromatic carbocycles. The minimum atomic E-state index is -0.758. The topological polar surface area (TPSA) is 67.9 Å². The quantitative estimate of drug-likeness (QED) is 0.768. The minimum Gasteiger partial charge on any atom is -0.372 e. The molecule has 0 bridgehead atoms. The van der Waals surface area contributed by atoms with E-state index >= 15 is 0 Å². The number of carbonyl (C=O) groups excluding carboxylic acids is 1. The monoisotopic (exact) mass is 401 g/mol. The highest BCUT2D eigenvalue weighted by Crippen LogP contribution is 2.50. The number of hydrazone groups is 1. The van der Waals surface area contributed by atoms with Gasteiger partial charge in [0.05, 0.1) is 0 Å². The van der Waals surface area contributed by atoms with Crippen LogP contribution in [0.15, 0.2) is 59.7 Å². The molecule has 2 atom stereocenters. The smallest absolute Gasteiger partial charge is 0.273 e. The number of amides is 1. The molecule has 1 heterocycles. The molecular formula is C21H24FN3O2S. The van der Waals surface area contributed by atoms with Crippen molar-refractivity contribution in [2.24, 2.45) is 10.8 Å². The summed E-state index contributed by atoms with van der Waals surface area (Å²) < 4.78 is 19.1. The van der Waals surface area contributed by atoms with E-state index in [2.05, 4.69) is 5.10 Å². The summed E-state index contributed by atoms with van der Waals surface area (Å²) in [5.41, 5.74) is 7.37. The van der Waals surface area contributed by atoms with Crippen LogP contribution >= 0.6 is 11.8 Å². The summed E-state index contributed by atoms with van der Waals surface area (Å²) in [4.78, 5) is 12.4. The number of nitrogens with two attached hydrogens (primary N) is 1. The number of halogens is 1. The van der Waals surface area contributed by atoms with Crippen molar-refractivity contribution in [3.63, 3.8) is 0 Å². The molecule has 1 aliphatic heterocycles. The largest absolute Gasteiger partial charge is 0.372 e. The molecular weight excluding hydrogens is 377 g/mol. The molecule has 0 spiro atoms. The Kier molecular flexibility index (Phi) is 6.49. The predicted octanol–water partition coefficient (Wildman–Crippen LogP) is 3.69. The number of hydrogen-bond acceptors (Lipinski definition) is 5. The second-order valence-corrected chi connectivity index (χ2v) is 7.85. The summed E-state index contributed by atoms with van der Waals surface area (Å²) in [6.07, 6.45) is 0.666. The molecule has 0 saturated carbocycles. The molecule has 0 aromatic heterocycles. The highest BCUT2D eigenvalue weighted by atomic mass is 32.2. The Morgan fingerprint density at radius 3 is 2.68 bits per heavy atom. The van der Waals surface area contributed by atoms with Crippen molar-refractivity contribution in [2.75, 3.05) is 13.7 Å². The van der Waals surface area contributed by atoms with Gasteiger partial charge in [0, 0.05) is 12.7 Å². The van der Waals surface area contributed by atoms with E-state index in [0.717, 1.165) is 5.56 Å². The fourth-order valence-electron chi connectivity index (χ4n) is 3.16. The number of carbonyl (C=O) groups is 1. The van der Waals surface area contributed by atoms with E-state index in [1.54, 1.807) is 19.1 Å². The van der Waals surface area contributed by atoms with Crippen molar-refractivity contribution in [1.82, 2.24) is 5.01 Å². The van der Waals surface area contributed by atoms with Crippen molar-refractivity contribution in [2.45, 2.75) is 30.7 Å². The molecule has 1 amide bonds. The van der Waals surface area contributed by atoms with Crippen LogP contribution in [0.3, 0.4) is 0 Å². The average Bonchev–Trinajstić information content (AvgIpc) is 3.12. The first kappa shape index (κ1) is 20.5. The zero-order valence-corrected chi connectivity index (χ0v) is 16.8. The van der Waals surface area contributed by atoms with Crippen molar-refractivity contribution in [3.05, 3.63) is 71.5 Å². The number of thioether (sulfide) groups is 1. The maximum Gasteiger partial charge on any atom is 0.273 e. The second-order valence-electron chi connectivity index (χ2n) is 6.59. The van der Waals surface area contributed by atoms with E-state index in [9.17, 15) is 9.18 Å². The molecule has 0 aliphatic carbocycles. The highest BCUT2D eigenvalue weighted by Gasteiger charge is 2.49. The first-order valence-corrected chi connectivity index (χ1v) is 9.99. The van der Waals surface area contributed by atoms with Gasteiger partial charge < -0.3 is 10.5 Å². The molecule has 28 heavy (non-hydrogen) atoms. The maximum absolute atomic E-state index is 13.8. The third kappa shape index (κ3) is 3.97. The standard InChI is InChI=1S/C21H24FN3O2S/c1-15(27-2)20(26)25-21(12-7-13-23,17-9-4-3-5-10-17)28-19(24-25)16-8-6-11-18(22)14-16/h3-6,8-11,14-15H,7,12-13,23H2,1-2H3/t15-,21?/m1/s1. The van der Waals surface area contributed by atoms with Crippen LogP contribution in [0.25, 0.3) is 0 Å². The van der Waals surface area contributed by atoms with Gasteiger partial charge in [0.2, 0.25) is 0 Å². The summed E-state index contributed by atoms with van der Waals surface area (Å²) in [6, 6.07) is 16.0. The zero-order chi connectivity index (χ0) is 20.1. The van der Waals surface area contributed by atoms with E-state index in [1.807, 2.05) is 30.3 Å². The van der Waals surface area contributed by atoms with Gasteiger partial charge in [-0.05, 0) is 44.0 Å². The highest BCUT2D eigenvalue weighted by molar-refractivity contribution is 8.15. The van der Waals surface area contributed by atoms with E-state index in [0.29, 0.717) is 30.0 Å². The average molecular weight is 402 g/mol. The Hall–Kier alpha value is -2.22. The second kappa shape index (κ2) is 8.86. The molecule has 2 N–H and O–H groups in total. The molecule has 1 aliphatic rings.